The third-order valence-corrected chi connectivity index (χ3v) is 2.63. The number of nitrogens with one attached hydrogen (secondary N) is 1. The van der Waals surface area contributed by atoms with Crippen LogP contribution in [0.1, 0.15) is 23.7 Å². The van der Waals surface area contributed by atoms with Crippen LogP contribution in [0.15, 0.2) is 24.3 Å². The molecule has 0 aliphatic carbocycles. The number of rotatable bonds is 6. The minimum atomic E-state index is 0.115. The number of anilines is 1. The van der Waals surface area contributed by atoms with Crippen LogP contribution >= 0.6 is 0 Å². The quantitative estimate of drug-likeness (QED) is 0.587. The lowest BCUT2D eigenvalue weighted by atomic mass is 10.1. The second kappa shape index (κ2) is 6.28. The van der Waals surface area contributed by atoms with Crippen LogP contribution in [0.2, 0.25) is 0 Å². The highest BCUT2D eigenvalue weighted by atomic mass is 16.1. The Hall–Kier alpha value is -1.35. The van der Waals surface area contributed by atoms with Gasteiger partial charge in [0.15, 0.2) is 5.78 Å². The van der Waals surface area contributed by atoms with Crippen LogP contribution in [-0.4, -0.2) is 33.0 Å². The zero-order valence-corrected chi connectivity index (χ0v) is 10.3. The summed E-state index contributed by atoms with van der Waals surface area (Å²) in [5, 5.41) is 3.13. The first-order valence-corrected chi connectivity index (χ1v) is 5.62. The van der Waals surface area contributed by atoms with Crippen LogP contribution in [0.4, 0.5) is 5.69 Å². The zero-order chi connectivity index (χ0) is 12.0. The van der Waals surface area contributed by atoms with Gasteiger partial charge in [-0.15, -0.1) is 0 Å². The Morgan fingerprint density at radius 3 is 2.44 bits per heavy atom. The highest BCUT2D eigenvalue weighted by Crippen LogP contribution is 2.14. The van der Waals surface area contributed by atoms with Crippen LogP contribution < -0.4 is 10.2 Å². The molecule has 0 spiro atoms. The summed E-state index contributed by atoms with van der Waals surface area (Å²) in [4.78, 5) is 13.3. The van der Waals surface area contributed by atoms with E-state index in [9.17, 15) is 4.79 Å². The molecule has 1 N–H and O–H groups in total. The van der Waals surface area contributed by atoms with Gasteiger partial charge in [0.05, 0.1) is 0 Å². The number of nitrogens with zero attached hydrogens (tertiary/aromatic N) is 1. The van der Waals surface area contributed by atoms with Crippen molar-refractivity contribution in [2.75, 3.05) is 32.1 Å². The average Bonchev–Trinajstić information content (AvgIpc) is 2.29. The van der Waals surface area contributed by atoms with Gasteiger partial charge >= 0.3 is 0 Å². The fourth-order valence-electron chi connectivity index (χ4n) is 1.57. The van der Waals surface area contributed by atoms with Crippen molar-refractivity contribution in [1.82, 2.24) is 5.32 Å². The van der Waals surface area contributed by atoms with Crippen molar-refractivity contribution < 1.29 is 4.79 Å². The summed E-state index contributed by atoms with van der Waals surface area (Å²) >= 11 is 0. The summed E-state index contributed by atoms with van der Waals surface area (Å²) in [6.45, 7) is 3.63. The summed E-state index contributed by atoms with van der Waals surface area (Å²) < 4.78 is 0. The van der Waals surface area contributed by atoms with Crippen molar-refractivity contribution in [3.05, 3.63) is 29.8 Å². The Kier molecular flexibility index (Phi) is 4.99. The first kappa shape index (κ1) is 12.7. The maximum Gasteiger partial charge on any atom is 0.159 e. The molecule has 1 aromatic carbocycles. The predicted octanol–water partition coefficient (Wildman–Crippen LogP) is 1.93. The molecule has 0 atom stereocenters. The number of carbonyl (C=O) groups is 1. The molecule has 0 aromatic heterocycles. The second-order valence-corrected chi connectivity index (χ2v) is 3.98. The van der Waals surface area contributed by atoms with Gasteiger partial charge in [-0.05, 0) is 51.2 Å². The number of carbonyl (C=O) groups excluding carboxylic acids is 1. The van der Waals surface area contributed by atoms with Gasteiger partial charge in [0.1, 0.15) is 0 Å². The smallest absolute Gasteiger partial charge is 0.159 e. The van der Waals surface area contributed by atoms with Crippen LogP contribution in [-0.2, 0) is 0 Å². The molecule has 0 aliphatic rings. The number of ketones is 1. The van der Waals surface area contributed by atoms with Crippen LogP contribution in [0, 0.1) is 0 Å². The molecular weight excluding hydrogens is 200 g/mol. The van der Waals surface area contributed by atoms with Crippen molar-refractivity contribution in [2.24, 2.45) is 0 Å². The fourth-order valence-corrected chi connectivity index (χ4v) is 1.57. The van der Waals surface area contributed by atoms with Gasteiger partial charge in [-0.1, -0.05) is 0 Å². The maximum absolute atomic E-state index is 11.1. The number of hydrogen-bond donors (Lipinski definition) is 1. The Morgan fingerprint density at radius 2 is 1.94 bits per heavy atom. The molecule has 1 aromatic rings. The molecular formula is C13H20N2O. The molecule has 16 heavy (non-hydrogen) atoms. The van der Waals surface area contributed by atoms with E-state index < -0.39 is 0 Å². The molecule has 0 aliphatic heterocycles. The molecule has 0 saturated carbocycles. The highest BCUT2D eigenvalue weighted by Gasteiger charge is 2.02. The second-order valence-electron chi connectivity index (χ2n) is 3.98. The molecule has 0 heterocycles. The molecule has 88 valence electrons. The molecule has 3 heteroatoms. The van der Waals surface area contributed by atoms with Gasteiger partial charge in [-0.3, -0.25) is 4.79 Å². The highest BCUT2D eigenvalue weighted by molar-refractivity contribution is 5.94. The van der Waals surface area contributed by atoms with Crippen molar-refractivity contribution in [1.29, 1.82) is 0 Å². The Labute approximate surface area is 97.5 Å². The van der Waals surface area contributed by atoms with Gasteiger partial charge in [0.25, 0.3) is 0 Å². The minimum Gasteiger partial charge on any atom is -0.375 e. The summed E-state index contributed by atoms with van der Waals surface area (Å²) in [6.07, 6.45) is 1.11. The topological polar surface area (TPSA) is 32.3 Å². The molecule has 0 bridgehead atoms. The average molecular weight is 220 g/mol. The Bertz CT molecular complexity index is 332. The van der Waals surface area contributed by atoms with E-state index in [1.165, 1.54) is 0 Å². The van der Waals surface area contributed by atoms with Crippen molar-refractivity contribution >= 4 is 11.5 Å². The van der Waals surface area contributed by atoms with Gasteiger partial charge in [-0.25, -0.2) is 0 Å². The van der Waals surface area contributed by atoms with Crippen LogP contribution in [0.25, 0.3) is 0 Å². The van der Waals surface area contributed by atoms with Crippen molar-refractivity contribution in [3.8, 4) is 0 Å². The van der Waals surface area contributed by atoms with Gasteiger partial charge in [-0.2, -0.15) is 0 Å². The summed E-state index contributed by atoms with van der Waals surface area (Å²) in [5.41, 5.74) is 1.92. The number of hydrogen-bond acceptors (Lipinski definition) is 3. The molecule has 0 fully saturated rings. The zero-order valence-electron chi connectivity index (χ0n) is 10.3. The first-order chi connectivity index (χ1) is 7.65. The van der Waals surface area contributed by atoms with E-state index >= 15 is 0 Å². The lowest BCUT2D eigenvalue weighted by molar-refractivity contribution is 0.101. The van der Waals surface area contributed by atoms with Gasteiger partial charge in [0.2, 0.25) is 0 Å². The molecule has 0 radical (unpaired) electrons. The van der Waals surface area contributed by atoms with Crippen molar-refractivity contribution in [3.63, 3.8) is 0 Å². The molecule has 3 nitrogen and oxygen atoms in total. The molecule has 0 amide bonds. The monoisotopic (exact) mass is 220 g/mol. The van der Waals surface area contributed by atoms with E-state index in [1.807, 2.05) is 31.3 Å². The third kappa shape index (κ3) is 3.66. The van der Waals surface area contributed by atoms with Gasteiger partial charge < -0.3 is 10.2 Å². The first-order valence-electron chi connectivity index (χ1n) is 5.62. The number of benzene rings is 1. The van der Waals surface area contributed by atoms with E-state index in [-0.39, 0.29) is 5.78 Å². The molecule has 0 saturated heterocycles. The molecule has 0 unspecified atom stereocenters. The standard InChI is InChI=1S/C13H20N2O/c1-11(16)12-5-7-13(8-6-12)15(3)10-4-9-14-2/h5-8,14H,4,9-10H2,1-3H3. The van der Waals surface area contributed by atoms with Gasteiger partial charge in [0, 0.05) is 24.8 Å². The van der Waals surface area contributed by atoms with Crippen LogP contribution in [0.3, 0.4) is 0 Å². The summed E-state index contributed by atoms with van der Waals surface area (Å²) in [5.74, 6) is 0.115. The van der Waals surface area contributed by atoms with Crippen molar-refractivity contribution in [2.45, 2.75) is 13.3 Å². The maximum atomic E-state index is 11.1. The van der Waals surface area contributed by atoms with Crippen LogP contribution in [0.5, 0.6) is 0 Å². The summed E-state index contributed by atoms with van der Waals surface area (Å²) in [7, 11) is 4.03. The third-order valence-electron chi connectivity index (χ3n) is 2.63. The van der Waals surface area contributed by atoms with E-state index in [0.717, 1.165) is 30.8 Å². The predicted molar refractivity (Wildman–Crippen MR) is 68.3 cm³/mol. The normalized spacial score (nSPS) is 10.2. The SMILES string of the molecule is CNCCCN(C)c1ccc(C(C)=O)cc1. The molecule has 1 rings (SSSR count). The van der Waals surface area contributed by atoms with E-state index in [2.05, 4.69) is 17.3 Å². The number of Topliss-reactive ketones (excluding diaryl/α,β-unsaturated/α-hetero) is 1. The van der Waals surface area contributed by atoms with E-state index in [4.69, 9.17) is 0 Å². The Morgan fingerprint density at radius 1 is 1.31 bits per heavy atom. The fraction of sp³-hybridized carbons (Fsp3) is 0.462. The van der Waals surface area contributed by atoms with E-state index in [0.29, 0.717) is 0 Å². The Balaban J connectivity index is 2.56. The lowest BCUT2D eigenvalue weighted by Crippen LogP contribution is -2.22. The summed E-state index contributed by atoms with van der Waals surface area (Å²) in [6, 6.07) is 7.75. The van der Waals surface area contributed by atoms with E-state index in [1.54, 1.807) is 6.92 Å². The minimum absolute atomic E-state index is 0.115. The lowest BCUT2D eigenvalue weighted by Gasteiger charge is -2.19. The largest absolute Gasteiger partial charge is 0.375 e.